The number of amides is 2. The molecule has 3 aromatic rings. The van der Waals surface area contributed by atoms with Gasteiger partial charge in [-0.3, -0.25) is 9.59 Å². The van der Waals surface area contributed by atoms with Gasteiger partial charge in [-0.15, -0.1) is 0 Å². The summed E-state index contributed by atoms with van der Waals surface area (Å²) in [7, 11) is 0. The number of imidazole rings is 1. The number of nitrogens with zero attached hydrogens (tertiary/aromatic N) is 1. The summed E-state index contributed by atoms with van der Waals surface area (Å²) in [4.78, 5) is 34.4. The lowest BCUT2D eigenvalue weighted by molar-refractivity contribution is -0.117. The Labute approximate surface area is 143 Å². The Kier molecular flexibility index (Phi) is 5.10. The molecule has 0 spiro atoms. The molecule has 2 amide bonds. The van der Waals surface area contributed by atoms with E-state index in [1.165, 1.54) is 12.3 Å². The van der Waals surface area contributed by atoms with Crippen LogP contribution < -0.4 is 10.6 Å². The normalized spacial score (nSPS) is 11.3. The van der Waals surface area contributed by atoms with Gasteiger partial charge in [0.1, 0.15) is 5.70 Å². The molecule has 0 aliphatic rings. The fourth-order valence-electron chi connectivity index (χ4n) is 2.17. The van der Waals surface area contributed by atoms with Crippen LogP contribution >= 0.6 is 0 Å². The Balaban J connectivity index is 1.67. The van der Waals surface area contributed by atoms with Crippen molar-refractivity contribution in [3.05, 3.63) is 72.1 Å². The van der Waals surface area contributed by atoms with E-state index in [0.29, 0.717) is 18.7 Å². The molecule has 0 aliphatic carbocycles. The maximum absolute atomic E-state index is 12.4. The summed E-state index contributed by atoms with van der Waals surface area (Å²) in [5.41, 5.74) is 1.72. The van der Waals surface area contributed by atoms with Gasteiger partial charge in [-0.1, -0.05) is 0 Å². The Hall–Kier alpha value is -3.55. The predicted octanol–water partition coefficient (Wildman–Crippen LogP) is 1.46. The molecular formula is C17H17N5O3. The molecule has 0 radical (unpaired) electrons. The quantitative estimate of drug-likeness (QED) is 0.488. The van der Waals surface area contributed by atoms with Crippen LogP contribution in [0.15, 0.2) is 59.4 Å². The van der Waals surface area contributed by atoms with Crippen LogP contribution in [0, 0.1) is 0 Å². The third kappa shape index (κ3) is 4.47. The monoisotopic (exact) mass is 339 g/mol. The largest absolute Gasteiger partial charge is 0.459 e. The molecule has 0 fully saturated rings. The number of aromatic nitrogens is 3. The van der Waals surface area contributed by atoms with Crippen LogP contribution in [0.1, 0.15) is 21.9 Å². The smallest absolute Gasteiger partial charge is 0.291 e. The third-order valence-corrected chi connectivity index (χ3v) is 3.39. The highest BCUT2D eigenvalue weighted by Gasteiger charge is 2.16. The number of carbonyl (C=O) groups is 2. The highest BCUT2D eigenvalue weighted by Crippen LogP contribution is 2.06. The molecule has 0 saturated carbocycles. The summed E-state index contributed by atoms with van der Waals surface area (Å²) in [5.74, 6) is -0.761. The van der Waals surface area contributed by atoms with Crippen molar-refractivity contribution in [1.82, 2.24) is 25.6 Å². The van der Waals surface area contributed by atoms with E-state index in [9.17, 15) is 9.59 Å². The summed E-state index contributed by atoms with van der Waals surface area (Å²) in [6.07, 6.45) is 8.57. The lowest BCUT2D eigenvalue weighted by Gasteiger charge is -2.09. The summed E-state index contributed by atoms with van der Waals surface area (Å²) in [6.45, 7) is 0.402. The number of hydrogen-bond donors (Lipinski definition) is 4. The Morgan fingerprint density at radius 2 is 2.16 bits per heavy atom. The van der Waals surface area contributed by atoms with E-state index in [2.05, 4.69) is 25.6 Å². The van der Waals surface area contributed by atoms with E-state index in [1.54, 1.807) is 43.0 Å². The molecule has 0 saturated heterocycles. The first-order valence-corrected chi connectivity index (χ1v) is 7.68. The number of rotatable bonds is 7. The van der Waals surface area contributed by atoms with Gasteiger partial charge in [0.2, 0.25) is 0 Å². The zero-order chi connectivity index (χ0) is 17.5. The van der Waals surface area contributed by atoms with Crippen LogP contribution in [0.4, 0.5) is 0 Å². The van der Waals surface area contributed by atoms with Crippen molar-refractivity contribution in [1.29, 1.82) is 0 Å². The van der Waals surface area contributed by atoms with E-state index in [4.69, 9.17) is 4.42 Å². The van der Waals surface area contributed by atoms with Crippen molar-refractivity contribution < 1.29 is 14.0 Å². The van der Waals surface area contributed by atoms with E-state index in [0.717, 1.165) is 5.69 Å². The number of hydrogen-bond acceptors (Lipinski definition) is 4. The Bertz CT molecular complexity index is 833. The zero-order valence-electron chi connectivity index (χ0n) is 13.3. The van der Waals surface area contributed by atoms with Crippen molar-refractivity contribution in [3.63, 3.8) is 0 Å². The van der Waals surface area contributed by atoms with Gasteiger partial charge >= 0.3 is 0 Å². The van der Waals surface area contributed by atoms with Crippen LogP contribution in [-0.2, 0) is 11.2 Å². The lowest BCUT2D eigenvalue weighted by atomic mass is 10.2. The second-order valence-corrected chi connectivity index (χ2v) is 5.20. The number of furan rings is 1. The topological polar surface area (TPSA) is 116 Å². The number of H-pyrrole nitrogens is 2. The summed E-state index contributed by atoms with van der Waals surface area (Å²) < 4.78 is 5.05. The molecule has 8 nitrogen and oxygen atoms in total. The molecule has 0 unspecified atom stereocenters. The maximum atomic E-state index is 12.4. The van der Waals surface area contributed by atoms with E-state index in [1.807, 2.05) is 0 Å². The van der Waals surface area contributed by atoms with Crippen molar-refractivity contribution in [2.75, 3.05) is 6.54 Å². The van der Waals surface area contributed by atoms with Crippen LogP contribution in [0.5, 0.6) is 0 Å². The molecule has 0 aliphatic heterocycles. The molecule has 0 aromatic carbocycles. The molecule has 128 valence electrons. The van der Waals surface area contributed by atoms with Gasteiger partial charge in [0.05, 0.1) is 12.6 Å². The molecule has 4 N–H and O–H groups in total. The van der Waals surface area contributed by atoms with Crippen molar-refractivity contribution in [2.45, 2.75) is 6.42 Å². The van der Waals surface area contributed by atoms with Crippen molar-refractivity contribution in [3.8, 4) is 0 Å². The lowest BCUT2D eigenvalue weighted by Crippen LogP contribution is -2.35. The van der Waals surface area contributed by atoms with Gasteiger partial charge < -0.3 is 25.0 Å². The van der Waals surface area contributed by atoms with Gasteiger partial charge in [0.25, 0.3) is 11.8 Å². The average Bonchev–Trinajstić information content (AvgIpc) is 3.36. The first-order chi connectivity index (χ1) is 12.2. The highest BCUT2D eigenvalue weighted by molar-refractivity contribution is 6.04. The molecule has 3 heterocycles. The standard InChI is InChI=1S/C17H17N5O3/c23-16(20-7-5-13-10-18-11-21-13)14(9-12-3-1-6-19-12)22-17(24)15-4-2-8-25-15/h1-4,6,8-11,19H,5,7H2,(H,18,21)(H,20,23)(H,22,24). The van der Waals surface area contributed by atoms with Crippen molar-refractivity contribution >= 4 is 17.9 Å². The summed E-state index contributed by atoms with van der Waals surface area (Å²) in [6, 6.07) is 6.72. The molecular weight excluding hydrogens is 322 g/mol. The summed E-state index contributed by atoms with van der Waals surface area (Å²) >= 11 is 0. The van der Waals surface area contributed by atoms with Gasteiger partial charge in [-0.05, 0) is 30.3 Å². The van der Waals surface area contributed by atoms with Gasteiger partial charge in [0.15, 0.2) is 5.76 Å². The predicted molar refractivity (Wildman–Crippen MR) is 90.2 cm³/mol. The maximum Gasteiger partial charge on any atom is 0.291 e. The minimum atomic E-state index is -0.494. The first-order valence-electron chi connectivity index (χ1n) is 7.68. The molecule has 3 aromatic heterocycles. The van der Waals surface area contributed by atoms with Crippen LogP contribution in [0.2, 0.25) is 0 Å². The average molecular weight is 339 g/mol. The molecule has 25 heavy (non-hydrogen) atoms. The SMILES string of the molecule is O=C(NCCc1cnc[nH]1)C(=Cc1ccc[nH]1)NC(=O)c1ccco1. The summed E-state index contributed by atoms with van der Waals surface area (Å²) in [5, 5.41) is 5.35. The van der Waals surface area contributed by atoms with E-state index < -0.39 is 11.8 Å². The molecule has 0 bridgehead atoms. The third-order valence-electron chi connectivity index (χ3n) is 3.39. The van der Waals surface area contributed by atoms with Crippen molar-refractivity contribution in [2.24, 2.45) is 0 Å². The van der Waals surface area contributed by atoms with Crippen LogP contribution in [0.25, 0.3) is 6.08 Å². The minimum Gasteiger partial charge on any atom is -0.459 e. The highest BCUT2D eigenvalue weighted by atomic mass is 16.3. The number of carbonyl (C=O) groups excluding carboxylic acids is 2. The van der Waals surface area contributed by atoms with Gasteiger partial charge in [-0.25, -0.2) is 4.98 Å². The Morgan fingerprint density at radius 3 is 2.84 bits per heavy atom. The Morgan fingerprint density at radius 1 is 1.24 bits per heavy atom. The fourth-order valence-corrected chi connectivity index (χ4v) is 2.17. The van der Waals surface area contributed by atoms with Crippen LogP contribution in [0.3, 0.4) is 0 Å². The van der Waals surface area contributed by atoms with Gasteiger partial charge in [0, 0.05) is 36.7 Å². The van der Waals surface area contributed by atoms with E-state index in [-0.39, 0.29) is 11.5 Å². The molecule has 0 atom stereocenters. The molecule has 8 heteroatoms. The number of aromatic amines is 2. The number of nitrogens with one attached hydrogen (secondary N) is 4. The molecule has 3 rings (SSSR count). The second-order valence-electron chi connectivity index (χ2n) is 5.20. The van der Waals surface area contributed by atoms with Crippen LogP contribution in [-0.4, -0.2) is 33.3 Å². The van der Waals surface area contributed by atoms with E-state index >= 15 is 0 Å². The first kappa shape index (κ1) is 16.3. The fraction of sp³-hybridized carbons (Fsp3) is 0.118. The minimum absolute atomic E-state index is 0.119. The second kappa shape index (κ2) is 7.82. The van der Waals surface area contributed by atoms with Gasteiger partial charge in [-0.2, -0.15) is 0 Å². The zero-order valence-corrected chi connectivity index (χ0v) is 13.3.